The van der Waals surface area contributed by atoms with Crippen LogP contribution in [0, 0.1) is 0 Å². The van der Waals surface area contributed by atoms with Gasteiger partial charge in [0.1, 0.15) is 6.10 Å². The molecule has 0 bridgehead atoms. The normalized spacial score (nSPS) is 12.2. The zero-order chi connectivity index (χ0) is 22.1. The number of amides is 1. The summed E-state index contributed by atoms with van der Waals surface area (Å²) in [6.07, 6.45) is -0.293. The fourth-order valence-corrected chi connectivity index (χ4v) is 4.24. The molecular weight excluding hydrogens is 535 g/mol. The summed E-state index contributed by atoms with van der Waals surface area (Å²) in [5.74, 6) is 0.665. The Morgan fingerprint density at radius 3 is 2.56 bits per heavy atom. The number of halogens is 1. The van der Waals surface area contributed by atoms with Gasteiger partial charge in [-0.15, -0.1) is 35.3 Å². The van der Waals surface area contributed by atoms with Gasteiger partial charge < -0.3 is 20.6 Å². The molecule has 0 saturated carbocycles. The lowest BCUT2D eigenvalue weighted by molar-refractivity contribution is -0.130. The fraction of sp³-hybridized carbons (Fsp3) is 0.333. The molecule has 0 radical (unpaired) electrons. The highest BCUT2D eigenvalue weighted by molar-refractivity contribution is 14.0. The molecule has 172 valence electrons. The number of nitrogens with zero attached hydrogens (tertiary/aromatic N) is 2. The summed E-state index contributed by atoms with van der Waals surface area (Å²) < 4.78 is 1.16. The van der Waals surface area contributed by atoms with Gasteiger partial charge >= 0.3 is 0 Å². The van der Waals surface area contributed by atoms with Crippen molar-refractivity contribution in [1.29, 1.82) is 0 Å². The Hall–Kier alpha value is -2.17. The van der Waals surface area contributed by atoms with Crippen LogP contribution in [0.25, 0.3) is 10.1 Å². The predicted molar refractivity (Wildman–Crippen MR) is 144 cm³/mol. The molecule has 0 aliphatic heterocycles. The van der Waals surface area contributed by atoms with Gasteiger partial charge in [0.05, 0.1) is 6.54 Å². The number of aliphatic hydroxyl groups excluding tert-OH is 1. The topological polar surface area (TPSA) is 77.0 Å². The van der Waals surface area contributed by atoms with E-state index in [0.29, 0.717) is 32.0 Å². The van der Waals surface area contributed by atoms with E-state index in [1.54, 1.807) is 16.2 Å². The highest BCUT2D eigenvalue weighted by Crippen LogP contribution is 2.29. The van der Waals surface area contributed by atoms with Gasteiger partial charge in [-0.25, -0.2) is 0 Å². The zero-order valence-electron chi connectivity index (χ0n) is 18.5. The number of fused-ring (bicyclic) bond motifs is 1. The summed E-state index contributed by atoms with van der Waals surface area (Å²) in [6, 6.07) is 20.0. The van der Waals surface area contributed by atoms with Crippen molar-refractivity contribution in [2.45, 2.75) is 26.0 Å². The van der Waals surface area contributed by atoms with Crippen molar-refractivity contribution < 1.29 is 9.90 Å². The summed E-state index contributed by atoms with van der Waals surface area (Å²) in [6.45, 7) is 4.01. The number of thiophene rings is 1. The number of guanidine groups is 1. The Bertz CT molecular complexity index is 976. The molecule has 3 rings (SSSR count). The lowest BCUT2D eigenvalue weighted by Gasteiger charge is -2.18. The Kier molecular flexibility index (Phi) is 10.9. The average Bonchev–Trinajstić information content (AvgIpc) is 3.22. The molecule has 8 heteroatoms. The molecule has 1 heterocycles. The lowest BCUT2D eigenvalue weighted by atomic mass is 10.2. The number of aliphatic imine (C=N–C) groups is 1. The van der Waals surface area contributed by atoms with Crippen molar-refractivity contribution in [2.24, 2.45) is 4.99 Å². The monoisotopic (exact) mass is 566 g/mol. The minimum Gasteiger partial charge on any atom is -0.386 e. The Morgan fingerprint density at radius 2 is 1.84 bits per heavy atom. The Balaban J connectivity index is 0.00000363. The molecule has 3 N–H and O–H groups in total. The van der Waals surface area contributed by atoms with Crippen molar-refractivity contribution in [3.63, 3.8) is 0 Å². The van der Waals surface area contributed by atoms with E-state index in [1.807, 2.05) is 68.6 Å². The molecule has 32 heavy (non-hydrogen) atoms. The van der Waals surface area contributed by atoms with Crippen molar-refractivity contribution in [1.82, 2.24) is 15.5 Å². The molecule has 0 fully saturated rings. The standard InChI is InChI=1S/C24H30N4O2S.HI/c1-3-25-24(26-14-13-23(30)28(2)17-18-9-5-4-6-10-18)27-16-20(29)22-15-19-11-7-8-12-21(19)31-22;/h4-12,15,20,29H,3,13-14,16-17H2,1-2H3,(H2,25,26,27);1H. The van der Waals surface area contributed by atoms with E-state index in [9.17, 15) is 9.90 Å². The number of carbonyl (C=O) groups excluding carboxylic acids is 1. The van der Waals surface area contributed by atoms with Crippen LogP contribution in [-0.2, 0) is 11.3 Å². The third-order valence-corrected chi connectivity index (χ3v) is 6.08. The Morgan fingerprint density at radius 1 is 1.12 bits per heavy atom. The number of aliphatic hydroxyl groups is 1. The molecule has 6 nitrogen and oxygen atoms in total. The summed E-state index contributed by atoms with van der Waals surface area (Å²) in [4.78, 5) is 19.5. The first-order chi connectivity index (χ1) is 15.1. The van der Waals surface area contributed by atoms with E-state index in [1.165, 1.54) is 0 Å². The van der Waals surface area contributed by atoms with Crippen molar-refractivity contribution >= 4 is 57.3 Å². The summed E-state index contributed by atoms with van der Waals surface area (Å²) >= 11 is 1.59. The van der Waals surface area contributed by atoms with Crippen LogP contribution in [0.15, 0.2) is 65.7 Å². The first kappa shape index (κ1) is 26.1. The van der Waals surface area contributed by atoms with Crippen LogP contribution in [0.1, 0.15) is 29.9 Å². The molecular formula is C24H31IN4O2S. The smallest absolute Gasteiger partial charge is 0.224 e. The first-order valence-electron chi connectivity index (χ1n) is 10.5. The van der Waals surface area contributed by atoms with E-state index < -0.39 is 6.10 Å². The minimum absolute atomic E-state index is 0. The van der Waals surface area contributed by atoms with Gasteiger partial charge in [-0.2, -0.15) is 0 Å². The minimum atomic E-state index is -0.661. The molecule has 1 amide bonds. The number of carbonyl (C=O) groups is 1. The van der Waals surface area contributed by atoms with Crippen LogP contribution >= 0.6 is 35.3 Å². The largest absolute Gasteiger partial charge is 0.386 e. The molecule has 2 aromatic carbocycles. The van der Waals surface area contributed by atoms with E-state index in [2.05, 4.69) is 21.7 Å². The second kappa shape index (κ2) is 13.4. The third-order valence-electron chi connectivity index (χ3n) is 4.86. The molecule has 1 atom stereocenters. The Labute approximate surface area is 210 Å². The van der Waals surface area contributed by atoms with Gasteiger partial charge in [0, 0.05) is 42.7 Å². The maximum atomic E-state index is 12.4. The van der Waals surface area contributed by atoms with Crippen LogP contribution in [0.2, 0.25) is 0 Å². The third kappa shape index (κ3) is 7.75. The number of nitrogens with one attached hydrogen (secondary N) is 2. The van der Waals surface area contributed by atoms with Crippen LogP contribution < -0.4 is 10.6 Å². The molecule has 3 aromatic rings. The highest BCUT2D eigenvalue weighted by Gasteiger charge is 2.12. The zero-order valence-corrected chi connectivity index (χ0v) is 21.6. The van der Waals surface area contributed by atoms with Crippen LogP contribution in [0.4, 0.5) is 0 Å². The maximum Gasteiger partial charge on any atom is 0.224 e. The molecule has 0 saturated heterocycles. The highest BCUT2D eigenvalue weighted by atomic mass is 127. The van der Waals surface area contributed by atoms with Gasteiger partial charge in [0.25, 0.3) is 0 Å². The average molecular weight is 567 g/mol. The summed E-state index contributed by atoms with van der Waals surface area (Å²) in [5.41, 5.74) is 1.11. The van der Waals surface area contributed by atoms with Gasteiger partial charge in [0.2, 0.25) is 5.91 Å². The number of hydrogen-bond donors (Lipinski definition) is 3. The maximum absolute atomic E-state index is 12.4. The van der Waals surface area contributed by atoms with E-state index >= 15 is 0 Å². The second-order valence-electron chi connectivity index (χ2n) is 7.33. The van der Waals surface area contributed by atoms with E-state index in [0.717, 1.165) is 20.5 Å². The molecule has 0 aliphatic carbocycles. The van der Waals surface area contributed by atoms with E-state index in [4.69, 9.17) is 0 Å². The van der Waals surface area contributed by atoms with Crippen LogP contribution in [-0.4, -0.2) is 48.6 Å². The fourth-order valence-electron chi connectivity index (χ4n) is 3.20. The van der Waals surface area contributed by atoms with Crippen molar-refractivity contribution in [3.8, 4) is 0 Å². The van der Waals surface area contributed by atoms with Gasteiger partial charge in [-0.1, -0.05) is 48.5 Å². The van der Waals surface area contributed by atoms with Gasteiger partial charge in [0.15, 0.2) is 5.96 Å². The summed E-state index contributed by atoms with van der Waals surface area (Å²) in [5, 5.41) is 18.0. The molecule has 1 unspecified atom stereocenters. The van der Waals surface area contributed by atoms with Crippen molar-refractivity contribution in [2.75, 3.05) is 26.7 Å². The predicted octanol–water partition coefficient (Wildman–Crippen LogP) is 4.16. The van der Waals surface area contributed by atoms with Gasteiger partial charge in [-0.05, 0) is 30.0 Å². The van der Waals surface area contributed by atoms with Gasteiger partial charge in [-0.3, -0.25) is 9.79 Å². The quantitative estimate of drug-likeness (QED) is 0.207. The number of benzene rings is 2. The SMILES string of the molecule is CCNC(=NCC(O)c1cc2ccccc2s1)NCCC(=O)N(C)Cc1ccccc1.I. The molecule has 0 spiro atoms. The first-order valence-corrected chi connectivity index (χ1v) is 11.3. The number of hydrogen-bond acceptors (Lipinski definition) is 4. The van der Waals surface area contributed by atoms with Crippen LogP contribution in [0.3, 0.4) is 0 Å². The number of rotatable bonds is 9. The molecule has 1 aromatic heterocycles. The lowest BCUT2D eigenvalue weighted by Crippen LogP contribution is -2.39. The van der Waals surface area contributed by atoms with Crippen molar-refractivity contribution in [3.05, 3.63) is 71.1 Å². The second-order valence-corrected chi connectivity index (χ2v) is 8.45. The molecule has 0 aliphatic rings. The van der Waals surface area contributed by atoms with Crippen LogP contribution in [0.5, 0.6) is 0 Å². The van der Waals surface area contributed by atoms with E-state index in [-0.39, 0.29) is 36.4 Å². The summed E-state index contributed by atoms with van der Waals surface area (Å²) in [7, 11) is 1.82.